The number of benzene rings is 1. The number of nitrogen functional groups attached to an aromatic ring is 1. The van der Waals surface area contributed by atoms with E-state index in [4.69, 9.17) is 10.5 Å². The number of carbonyl (C=O) groups excluding carboxylic acids is 1. The van der Waals surface area contributed by atoms with Crippen molar-refractivity contribution < 1.29 is 9.53 Å². The molecule has 0 unspecified atom stereocenters. The van der Waals surface area contributed by atoms with Crippen LogP contribution in [0.3, 0.4) is 0 Å². The zero-order valence-electron chi connectivity index (χ0n) is 10.7. The van der Waals surface area contributed by atoms with Gasteiger partial charge in [-0.2, -0.15) is 0 Å². The Balaban J connectivity index is 2.91. The van der Waals surface area contributed by atoms with Crippen LogP contribution in [-0.2, 0) is 0 Å². The van der Waals surface area contributed by atoms with Gasteiger partial charge in [0.05, 0.1) is 12.2 Å². The molecule has 0 saturated heterocycles. The molecule has 0 saturated carbocycles. The second-order valence-corrected chi connectivity index (χ2v) is 4.16. The summed E-state index contributed by atoms with van der Waals surface area (Å²) in [5, 5.41) is 0. The van der Waals surface area contributed by atoms with Gasteiger partial charge in [0, 0.05) is 25.8 Å². The molecule has 1 aromatic carbocycles. The summed E-state index contributed by atoms with van der Waals surface area (Å²) >= 11 is 0. The van der Waals surface area contributed by atoms with Gasteiger partial charge in [-0.05, 0) is 18.6 Å². The van der Waals surface area contributed by atoms with Crippen molar-refractivity contribution >= 4 is 11.6 Å². The summed E-state index contributed by atoms with van der Waals surface area (Å²) in [4.78, 5) is 13.4. The zero-order valence-corrected chi connectivity index (χ0v) is 10.7. The molecule has 4 nitrogen and oxygen atoms in total. The predicted molar refractivity (Wildman–Crippen MR) is 69.3 cm³/mol. The molecule has 0 aliphatic rings. The third-order valence-electron chi connectivity index (χ3n) is 2.40. The summed E-state index contributed by atoms with van der Waals surface area (Å²) in [7, 11) is 3.43. The number of nitrogens with two attached hydrogens (primary N) is 1. The molecule has 1 amide bonds. The number of hydrogen-bond acceptors (Lipinski definition) is 3. The van der Waals surface area contributed by atoms with Crippen LogP contribution in [0.2, 0.25) is 0 Å². The first-order chi connectivity index (χ1) is 8.06. The third kappa shape index (κ3) is 3.66. The Morgan fingerprint density at radius 1 is 1.41 bits per heavy atom. The van der Waals surface area contributed by atoms with Gasteiger partial charge in [-0.1, -0.05) is 13.3 Å². The molecule has 0 aliphatic carbocycles. The van der Waals surface area contributed by atoms with Crippen molar-refractivity contribution in [1.82, 2.24) is 4.90 Å². The monoisotopic (exact) mass is 236 g/mol. The van der Waals surface area contributed by atoms with Crippen LogP contribution in [0.25, 0.3) is 0 Å². The Kier molecular flexibility index (Phi) is 4.82. The standard InChI is InChI=1S/C13H20N2O2/c1-4-5-8-17-12-9-10(14)6-7-11(12)13(16)15(2)3/h6-7,9H,4-5,8,14H2,1-3H3. The molecular formula is C13H20N2O2. The van der Waals surface area contributed by atoms with Crippen LogP contribution in [0, 0.1) is 0 Å². The number of anilines is 1. The lowest BCUT2D eigenvalue weighted by molar-refractivity contribution is 0.0823. The van der Waals surface area contributed by atoms with E-state index in [0.29, 0.717) is 23.6 Å². The predicted octanol–water partition coefficient (Wildman–Crippen LogP) is 2.15. The molecule has 1 aromatic rings. The molecule has 0 atom stereocenters. The second kappa shape index (κ2) is 6.13. The van der Waals surface area contributed by atoms with Crippen LogP contribution in [0.5, 0.6) is 5.75 Å². The van der Waals surface area contributed by atoms with E-state index in [1.807, 2.05) is 0 Å². The average molecular weight is 236 g/mol. The van der Waals surface area contributed by atoms with Crippen molar-refractivity contribution in [1.29, 1.82) is 0 Å². The maximum atomic E-state index is 11.9. The van der Waals surface area contributed by atoms with Crippen LogP contribution in [0.4, 0.5) is 5.69 Å². The molecule has 0 spiro atoms. The van der Waals surface area contributed by atoms with Gasteiger partial charge in [0.15, 0.2) is 0 Å². The Labute approximate surface area is 102 Å². The van der Waals surface area contributed by atoms with Gasteiger partial charge in [0.2, 0.25) is 0 Å². The Morgan fingerprint density at radius 3 is 2.71 bits per heavy atom. The van der Waals surface area contributed by atoms with E-state index in [9.17, 15) is 4.79 Å². The highest BCUT2D eigenvalue weighted by atomic mass is 16.5. The second-order valence-electron chi connectivity index (χ2n) is 4.16. The highest BCUT2D eigenvalue weighted by Gasteiger charge is 2.14. The molecule has 4 heteroatoms. The minimum atomic E-state index is -0.0727. The van der Waals surface area contributed by atoms with E-state index in [-0.39, 0.29) is 5.91 Å². The molecule has 0 bridgehead atoms. The lowest BCUT2D eigenvalue weighted by Gasteiger charge is -2.15. The van der Waals surface area contributed by atoms with Crippen molar-refractivity contribution in [2.75, 3.05) is 26.4 Å². The van der Waals surface area contributed by atoms with Crippen molar-refractivity contribution in [2.24, 2.45) is 0 Å². The molecule has 1 rings (SSSR count). The maximum Gasteiger partial charge on any atom is 0.257 e. The molecule has 0 fully saturated rings. The Morgan fingerprint density at radius 2 is 2.12 bits per heavy atom. The molecule has 94 valence electrons. The van der Waals surface area contributed by atoms with E-state index in [2.05, 4.69) is 6.92 Å². The van der Waals surface area contributed by atoms with Crippen molar-refractivity contribution in [3.8, 4) is 5.75 Å². The lowest BCUT2D eigenvalue weighted by atomic mass is 10.1. The number of amides is 1. The topological polar surface area (TPSA) is 55.6 Å². The number of hydrogen-bond donors (Lipinski definition) is 1. The van der Waals surface area contributed by atoms with Gasteiger partial charge in [-0.3, -0.25) is 4.79 Å². The number of unbranched alkanes of at least 4 members (excludes halogenated alkanes) is 1. The Bertz CT molecular complexity index is 389. The summed E-state index contributed by atoms with van der Waals surface area (Å²) in [5.74, 6) is 0.494. The van der Waals surface area contributed by atoms with Gasteiger partial charge in [0.25, 0.3) is 5.91 Å². The van der Waals surface area contributed by atoms with Crippen LogP contribution in [0.15, 0.2) is 18.2 Å². The van der Waals surface area contributed by atoms with E-state index in [1.54, 1.807) is 32.3 Å². The van der Waals surface area contributed by atoms with Gasteiger partial charge in [0.1, 0.15) is 5.75 Å². The summed E-state index contributed by atoms with van der Waals surface area (Å²) in [5.41, 5.74) is 6.86. The fourth-order valence-corrected chi connectivity index (χ4v) is 1.40. The number of carbonyl (C=O) groups is 1. The van der Waals surface area contributed by atoms with Gasteiger partial charge in [-0.15, -0.1) is 0 Å². The van der Waals surface area contributed by atoms with E-state index in [0.717, 1.165) is 12.8 Å². The summed E-state index contributed by atoms with van der Waals surface area (Å²) < 4.78 is 5.60. The van der Waals surface area contributed by atoms with E-state index in [1.165, 1.54) is 4.90 Å². The van der Waals surface area contributed by atoms with Crippen LogP contribution >= 0.6 is 0 Å². The SMILES string of the molecule is CCCCOc1cc(N)ccc1C(=O)N(C)C. The summed E-state index contributed by atoms with van der Waals surface area (Å²) in [6.45, 7) is 2.70. The molecule has 0 aliphatic heterocycles. The molecule has 0 heterocycles. The molecule has 0 radical (unpaired) electrons. The van der Waals surface area contributed by atoms with Crippen LogP contribution in [0.1, 0.15) is 30.1 Å². The maximum absolute atomic E-state index is 11.9. The van der Waals surface area contributed by atoms with Gasteiger partial charge in [-0.25, -0.2) is 0 Å². The lowest BCUT2D eigenvalue weighted by Crippen LogP contribution is -2.22. The minimum Gasteiger partial charge on any atom is -0.493 e. The fraction of sp³-hybridized carbons (Fsp3) is 0.462. The summed E-state index contributed by atoms with van der Waals surface area (Å²) in [6.07, 6.45) is 2.02. The molecule has 2 N–H and O–H groups in total. The zero-order chi connectivity index (χ0) is 12.8. The third-order valence-corrected chi connectivity index (χ3v) is 2.40. The normalized spacial score (nSPS) is 10.1. The minimum absolute atomic E-state index is 0.0727. The van der Waals surface area contributed by atoms with Gasteiger partial charge >= 0.3 is 0 Å². The van der Waals surface area contributed by atoms with Crippen molar-refractivity contribution in [3.05, 3.63) is 23.8 Å². The molecule has 17 heavy (non-hydrogen) atoms. The van der Waals surface area contributed by atoms with Crippen LogP contribution < -0.4 is 10.5 Å². The number of ether oxygens (including phenoxy) is 1. The Hall–Kier alpha value is -1.71. The first-order valence-electron chi connectivity index (χ1n) is 5.80. The fourth-order valence-electron chi connectivity index (χ4n) is 1.40. The molecule has 0 aromatic heterocycles. The quantitative estimate of drug-likeness (QED) is 0.629. The molecular weight excluding hydrogens is 216 g/mol. The highest BCUT2D eigenvalue weighted by Crippen LogP contribution is 2.23. The number of rotatable bonds is 5. The summed E-state index contributed by atoms with van der Waals surface area (Å²) in [6, 6.07) is 5.12. The smallest absolute Gasteiger partial charge is 0.257 e. The van der Waals surface area contributed by atoms with Crippen molar-refractivity contribution in [2.45, 2.75) is 19.8 Å². The number of nitrogens with zero attached hydrogens (tertiary/aromatic N) is 1. The van der Waals surface area contributed by atoms with Crippen molar-refractivity contribution in [3.63, 3.8) is 0 Å². The first-order valence-corrected chi connectivity index (χ1v) is 5.80. The average Bonchev–Trinajstić information content (AvgIpc) is 2.28. The first kappa shape index (κ1) is 13.4. The van der Waals surface area contributed by atoms with Gasteiger partial charge < -0.3 is 15.4 Å². The highest BCUT2D eigenvalue weighted by molar-refractivity contribution is 5.97. The van der Waals surface area contributed by atoms with E-state index >= 15 is 0 Å². The largest absolute Gasteiger partial charge is 0.493 e. The van der Waals surface area contributed by atoms with E-state index < -0.39 is 0 Å². The van der Waals surface area contributed by atoms with Crippen LogP contribution in [-0.4, -0.2) is 31.5 Å².